The number of benzene rings is 3. The van der Waals surface area contributed by atoms with Crippen LogP contribution >= 0.6 is 0 Å². The van der Waals surface area contributed by atoms with Crippen LogP contribution < -0.4 is 10.1 Å². The van der Waals surface area contributed by atoms with E-state index in [-0.39, 0.29) is 23.5 Å². The number of aliphatic hydroxyl groups is 1. The van der Waals surface area contributed by atoms with Crippen LogP contribution in [0, 0.1) is 0 Å². The first-order chi connectivity index (χ1) is 19.9. The van der Waals surface area contributed by atoms with Gasteiger partial charge in [0.25, 0.3) is 5.91 Å². The standard InChI is InChI=1S/C34H42N4O3/c1-4-34(5-2,27-9-7-6-8-10-27)23-35-33(40)26-13-16-31-30(21-26)32(37-36-31)25-11-14-28(15-12-25)41-29-17-19-38(20-18-29)22-24(3)39/h6-16,21,24,29,39H,4-5,17-20,22-23H2,1-3H3,(H,35,40)(H,36,37)/t24-/m1/s1. The summed E-state index contributed by atoms with van der Waals surface area (Å²) in [5, 5.41) is 21.4. The predicted octanol–water partition coefficient (Wildman–Crippen LogP) is 5.94. The number of fused-ring (bicyclic) bond motifs is 1. The number of nitrogens with zero attached hydrogens (tertiary/aromatic N) is 2. The first-order valence-electron chi connectivity index (χ1n) is 14.9. The number of hydrogen-bond donors (Lipinski definition) is 3. The molecule has 0 spiro atoms. The minimum absolute atomic E-state index is 0.0792. The fourth-order valence-electron chi connectivity index (χ4n) is 6.00. The van der Waals surface area contributed by atoms with Crippen molar-refractivity contribution >= 4 is 16.8 Å². The lowest BCUT2D eigenvalue weighted by Gasteiger charge is -2.32. The highest BCUT2D eigenvalue weighted by atomic mass is 16.5. The molecule has 41 heavy (non-hydrogen) atoms. The molecular formula is C34H42N4O3. The average molecular weight is 555 g/mol. The summed E-state index contributed by atoms with van der Waals surface area (Å²) in [5.74, 6) is 0.765. The maximum atomic E-state index is 13.3. The van der Waals surface area contributed by atoms with Gasteiger partial charge >= 0.3 is 0 Å². The normalized spacial score (nSPS) is 15.6. The molecule has 3 N–H and O–H groups in total. The summed E-state index contributed by atoms with van der Waals surface area (Å²) in [6.45, 7) is 9.38. The Bertz CT molecular complexity index is 1420. The molecule has 3 aromatic carbocycles. The van der Waals surface area contributed by atoms with Gasteiger partial charge in [-0.2, -0.15) is 5.10 Å². The highest BCUT2D eigenvalue weighted by molar-refractivity contribution is 6.01. The van der Waals surface area contributed by atoms with Crippen molar-refractivity contribution in [1.82, 2.24) is 20.4 Å². The fourth-order valence-corrected chi connectivity index (χ4v) is 6.00. The van der Waals surface area contributed by atoms with Crippen LogP contribution in [-0.2, 0) is 5.41 Å². The second-order valence-electron chi connectivity index (χ2n) is 11.4. The number of nitrogens with one attached hydrogen (secondary N) is 2. The number of rotatable bonds is 11. The third-order valence-corrected chi connectivity index (χ3v) is 8.64. The first kappa shape index (κ1) is 28.8. The number of aromatic nitrogens is 2. The number of carbonyl (C=O) groups excluding carboxylic acids is 1. The molecule has 1 amide bonds. The second kappa shape index (κ2) is 12.9. The molecule has 1 atom stereocenters. The molecule has 216 valence electrons. The van der Waals surface area contributed by atoms with Crippen molar-refractivity contribution in [3.63, 3.8) is 0 Å². The van der Waals surface area contributed by atoms with E-state index in [1.54, 1.807) is 0 Å². The number of ether oxygens (including phenoxy) is 1. The van der Waals surface area contributed by atoms with Crippen LogP contribution in [0.25, 0.3) is 22.2 Å². The molecule has 4 aromatic rings. The van der Waals surface area contributed by atoms with Gasteiger partial charge in [-0.15, -0.1) is 0 Å². The number of aliphatic hydroxyl groups excluding tert-OH is 1. The van der Waals surface area contributed by atoms with Crippen molar-refractivity contribution < 1.29 is 14.6 Å². The smallest absolute Gasteiger partial charge is 0.251 e. The summed E-state index contributed by atoms with van der Waals surface area (Å²) in [5.41, 5.74) is 4.45. The molecule has 0 radical (unpaired) electrons. The van der Waals surface area contributed by atoms with E-state index in [0.29, 0.717) is 18.7 Å². The molecule has 7 heteroatoms. The van der Waals surface area contributed by atoms with Crippen LogP contribution in [0.1, 0.15) is 62.4 Å². The monoisotopic (exact) mass is 554 g/mol. The summed E-state index contributed by atoms with van der Waals surface area (Å²) in [4.78, 5) is 15.6. The van der Waals surface area contributed by atoms with Crippen molar-refractivity contribution in [3.8, 4) is 17.0 Å². The van der Waals surface area contributed by atoms with E-state index in [1.165, 1.54) is 5.56 Å². The number of β-amino-alcohol motifs (C(OH)–C–C–N with tert-alkyl or cyclic N) is 1. The van der Waals surface area contributed by atoms with E-state index in [0.717, 1.165) is 66.7 Å². The van der Waals surface area contributed by atoms with E-state index in [1.807, 2.05) is 55.5 Å². The molecule has 0 bridgehead atoms. The van der Waals surface area contributed by atoms with Crippen molar-refractivity contribution in [2.45, 2.75) is 64.1 Å². The maximum Gasteiger partial charge on any atom is 0.251 e. The van der Waals surface area contributed by atoms with Crippen LogP contribution in [0.3, 0.4) is 0 Å². The van der Waals surface area contributed by atoms with E-state index in [4.69, 9.17) is 4.74 Å². The Kier molecular flexibility index (Phi) is 9.06. The second-order valence-corrected chi connectivity index (χ2v) is 11.4. The Balaban J connectivity index is 1.26. The molecule has 2 heterocycles. The highest BCUT2D eigenvalue weighted by Crippen LogP contribution is 2.32. The SMILES string of the molecule is CCC(CC)(CNC(=O)c1ccc2[nH]nc(-c3ccc(OC4CCN(C[C@@H](C)O)CC4)cc3)c2c1)c1ccccc1. The van der Waals surface area contributed by atoms with Gasteiger partial charge in [-0.25, -0.2) is 0 Å². The zero-order chi connectivity index (χ0) is 28.8. The number of aromatic amines is 1. The summed E-state index contributed by atoms with van der Waals surface area (Å²) in [6.07, 6.45) is 3.67. The number of carbonyl (C=O) groups is 1. The zero-order valence-corrected chi connectivity index (χ0v) is 24.4. The number of likely N-dealkylation sites (tertiary alicyclic amines) is 1. The minimum Gasteiger partial charge on any atom is -0.490 e. The van der Waals surface area contributed by atoms with E-state index < -0.39 is 0 Å². The van der Waals surface area contributed by atoms with Crippen LogP contribution in [0.15, 0.2) is 72.8 Å². The van der Waals surface area contributed by atoms with Gasteiger partial charge in [-0.05, 0) is 80.6 Å². The van der Waals surface area contributed by atoms with Crippen molar-refractivity contribution in [3.05, 3.63) is 83.9 Å². The molecule has 0 saturated carbocycles. The van der Waals surface area contributed by atoms with Gasteiger partial charge in [0.05, 0.1) is 17.3 Å². The molecule has 1 aliphatic rings. The summed E-state index contributed by atoms with van der Waals surface area (Å²) >= 11 is 0. The summed E-state index contributed by atoms with van der Waals surface area (Å²) < 4.78 is 6.25. The largest absolute Gasteiger partial charge is 0.490 e. The topological polar surface area (TPSA) is 90.5 Å². The third kappa shape index (κ3) is 6.63. The van der Waals surface area contributed by atoms with E-state index in [2.05, 4.69) is 58.5 Å². The van der Waals surface area contributed by atoms with Crippen LogP contribution in [-0.4, -0.2) is 64.5 Å². The highest BCUT2D eigenvalue weighted by Gasteiger charge is 2.29. The van der Waals surface area contributed by atoms with Gasteiger partial charge < -0.3 is 20.1 Å². The molecular weight excluding hydrogens is 512 g/mol. The molecule has 0 unspecified atom stereocenters. The molecule has 1 fully saturated rings. The van der Waals surface area contributed by atoms with E-state index >= 15 is 0 Å². The quantitative estimate of drug-likeness (QED) is 0.213. The molecule has 1 aliphatic heterocycles. The number of hydrogen-bond acceptors (Lipinski definition) is 5. The zero-order valence-electron chi connectivity index (χ0n) is 24.4. The lowest BCUT2D eigenvalue weighted by molar-refractivity contribution is 0.0673. The Hall–Kier alpha value is -3.68. The van der Waals surface area contributed by atoms with Crippen molar-refractivity contribution in [2.24, 2.45) is 0 Å². The maximum absolute atomic E-state index is 13.3. The van der Waals surface area contributed by atoms with Crippen LogP contribution in [0.4, 0.5) is 0 Å². The van der Waals surface area contributed by atoms with Gasteiger partial charge in [-0.3, -0.25) is 9.89 Å². The molecule has 5 rings (SSSR count). The number of piperidine rings is 1. The lowest BCUT2D eigenvalue weighted by Crippen LogP contribution is -2.41. The Labute approximate surface area is 242 Å². The fraction of sp³-hybridized carbons (Fsp3) is 0.412. The molecule has 0 aliphatic carbocycles. The van der Waals surface area contributed by atoms with Gasteiger partial charge in [-0.1, -0.05) is 44.2 Å². The molecule has 7 nitrogen and oxygen atoms in total. The predicted molar refractivity (Wildman–Crippen MR) is 164 cm³/mol. The van der Waals surface area contributed by atoms with Gasteiger partial charge in [0, 0.05) is 48.1 Å². The summed E-state index contributed by atoms with van der Waals surface area (Å²) in [6, 6.07) is 24.2. The van der Waals surface area contributed by atoms with Crippen LogP contribution in [0.5, 0.6) is 5.75 Å². The van der Waals surface area contributed by atoms with Crippen molar-refractivity contribution in [1.29, 1.82) is 0 Å². The van der Waals surface area contributed by atoms with Gasteiger partial charge in [0.2, 0.25) is 0 Å². The Morgan fingerprint density at radius 2 is 1.78 bits per heavy atom. The minimum atomic E-state index is -0.301. The van der Waals surface area contributed by atoms with Crippen LogP contribution in [0.2, 0.25) is 0 Å². The van der Waals surface area contributed by atoms with Crippen molar-refractivity contribution in [2.75, 3.05) is 26.2 Å². The van der Waals surface area contributed by atoms with E-state index in [9.17, 15) is 9.90 Å². The first-order valence-corrected chi connectivity index (χ1v) is 14.9. The number of H-pyrrole nitrogens is 1. The van der Waals surface area contributed by atoms with Gasteiger partial charge in [0.15, 0.2) is 0 Å². The Morgan fingerprint density at radius 3 is 2.44 bits per heavy atom. The van der Waals surface area contributed by atoms with Gasteiger partial charge in [0.1, 0.15) is 11.9 Å². The molecule has 1 saturated heterocycles. The molecule has 1 aromatic heterocycles. The lowest BCUT2D eigenvalue weighted by atomic mass is 9.76. The Morgan fingerprint density at radius 1 is 1.07 bits per heavy atom. The number of amides is 1. The third-order valence-electron chi connectivity index (χ3n) is 8.64. The average Bonchev–Trinajstić information content (AvgIpc) is 3.43. The summed E-state index contributed by atoms with van der Waals surface area (Å²) in [7, 11) is 0.